The van der Waals surface area contributed by atoms with E-state index in [2.05, 4.69) is 17.7 Å². The van der Waals surface area contributed by atoms with Crippen molar-refractivity contribution in [2.75, 3.05) is 0 Å². The van der Waals surface area contributed by atoms with Crippen molar-refractivity contribution in [1.82, 2.24) is 23.1 Å². The SMILES string of the molecule is CCCn1c(C23CC4CC(CC(C4)C2)C3)cn2c3c(=O)n(C)c(=O)n(C)c3nc12. The maximum absolute atomic E-state index is 13.0. The second kappa shape index (κ2) is 5.64. The van der Waals surface area contributed by atoms with Crippen molar-refractivity contribution in [3.05, 3.63) is 32.7 Å². The predicted molar refractivity (Wildman–Crippen MR) is 111 cm³/mol. The fraction of sp³-hybridized carbons (Fsp3) is 0.682. The van der Waals surface area contributed by atoms with Crippen molar-refractivity contribution >= 4 is 16.9 Å². The molecule has 3 aromatic heterocycles. The zero-order valence-corrected chi connectivity index (χ0v) is 17.5. The molecule has 0 unspecified atom stereocenters. The van der Waals surface area contributed by atoms with Crippen molar-refractivity contribution in [2.24, 2.45) is 31.8 Å². The van der Waals surface area contributed by atoms with Crippen LogP contribution in [0, 0.1) is 17.8 Å². The van der Waals surface area contributed by atoms with Crippen LogP contribution in [0.2, 0.25) is 0 Å². The highest BCUT2D eigenvalue weighted by molar-refractivity contribution is 5.75. The van der Waals surface area contributed by atoms with Crippen molar-refractivity contribution < 1.29 is 0 Å². The van der Waals surface area contributed by atoms with E-state index in [1.165, 1.54) is 53.4 Å². The maximum Gasteiger partial charge on any atom is 0.332 e. The highest BCUT2D eigenvalue weighted by Gasteiger charge is 2.53. The van der Waals surface area contributed by atoms with Crippen molar-refractivity contribution in [1.29, 1.82) is 0 Å². The van der Waals surface area contributed by atoms with E-state index in [4.69, 9.17) is 4.98 Å². The number of aromatic nitrogens is 5. The molecule has 7 nitrogen and oxygen atoms in total. The van der Waals surface area contributed by atoms with Gasteiger partial charge in [0.15, 0.2) is 11.2 Å². The summed E-state index contributed by atoms with van der Waals surface area (Å²) in [7, 11) is 3.24. The Kier molecular flexibility index (Phi) is 3.41. The molecule has 154 valence electrons. The summed E-state index contributed by atoms with van der Waals surface area (Å²) in [4.78, 5) is 30.2. The van der Waals surface area contributed by atoms with Gasteiger partial charge in [-0.15, -0.1) is 0 Å². The van der Waals surface area contributed by atoms with Crippen molar-refractivity contribution in [2.45, 2.75) is 63.8 Å². The van der Waals surface area contributed by atoms with E-state index in [1.807, 2.05) is 4.40 Å². The van der Waals surface area contributed by atoms with Crippen LogP contribution in [-0.2, 0) is 26.1 Å². The van der Waals surface area contributed by atoms with E-state index in [0.717, 1.165) is 36.5 Å². The first-order valence-corrected chi connectivity index (χ1v) is 11.1. The van der Waals surface area contributed by atoms with Gasteiger partial charge in [0.2, 0.25) is 5.78 Å². The summed E-state index contributed by atoms with van der Waals surface area (Å²) in [5.74, 6) is 3.41. The zero-order valence-electron chi connectivity index (χ0n) is 17.5. The Hall–Kier alpha value is -2.31. The van der Waals surface area contributed by atoms with Gasteiger partial charge in [-0.2, -0.15) is 4.98 Å². The number of nitrogens with zero attached hydrogens (tertiary/aromatic N) is 5. The second-order valence-electron chi connectivity index (χ2n) is 10.0. The van der Waals surface area contributed by atoms with E-state index >= 15 is 0 Å². The molecule has 0 amide bonds. The molecule has 7 heteroatoms. The Labute approximate surface area is 169 Å². The van der Waals surface area contributed by atoms with E-state index in [0.29, 0.717) is 11.2 Å². The molecule has 0 saturated heterocycles. The Bertz CT molecular complexity index is 1240. The Morgan fingerprint density at radius 2 is 1.66 bits per heavy atom. The van der Waals surface area contributed by atoms with Gasteiger partial charge in [0.25, 0.3) is 5.56 Å². The van der Waals surface area contributed by atoms with Gasteiger partial charge in [0.05, 0.1) is 0 Å². The summed E-state index contributed by atoms with van der Waals surface area (Å²) in [5, 5.41) is 0. The fourth-order valence-electron chi connectivity index (χ4n) is 7.31. The molecule has 0 aliphatic heterocycles. The van der Waals surface area contributed by atoms with E-state index in [-0.39, 0.29) is 16.7 Å². The largest absolute Gasteiger partial charge is 0.332 e. The normalized spacial score (nSPS) is 30.8. The molecule has 0 aromatic carbocycles. The maximum atomic E-state index is 13.0. The lowest BCUT2D eigenvalue weighted by Crippen LogP contribution is -2.49. The minimum atomic E-state index is -0.327. The van der Waals surface area contributed by atoms with Crippen LogP contribution < -0.4 is 11.2 Å². The molecule has 0 radical (unpaired) electrons. The summed E-state index contributed by atoms with van der Waals surface area (Å²) < 4.78 is 7.01. The molecule has 3 heterocycles. The van der Waals surface area contributed by atoms with Crippen LogP contribution >= 0.6 is 0 Å². The van der Waals surface area contributed by atoms with Gasteiger partial charge in [-0.3, -0.25) is 18.3 Å². The molecule has 3 aromatic rings. The quantitative estimate of drug-likeness (QED) is 0.685. The minimum Gasteiger partial charge on any atom is -0.313 e. The summed E-state index contributed by atoms with van der Waals surface area (Å²) in [6, 6.07) is 0. The van der Waals surface area contributed by atoms with Crippen molar-refractivity contribution in [3.8, 4) is 0 Å². The fourth-order valence-corrected chi connectivity index (χ4v) is 7.31. The van der Waals surface area contributed by atoms with Crippen LogP contribution in [0.3, 0.4) is 0 Å². The topological polar surface area (TPSA) is 66.2 Å². The predicted octanol–water partition coefficient (Wildman–Crippen LogP) is 2.56. The lowest BCUT2D eigenvalue weighted by Gasteiger charge is -2.56. The van der Waals surface area contributed by atoms with Gasteiger partial charge in [0.1, 0.15) is 0 Å². The monoisotopic (exact) mass is 395 g/mol. The second-order valence-corrected chi connectivity index (χ2v) is 10.0. The average Bonchev–Trinajstić information content (AvgIpc) is 3.21. The van der Waals surface area contributed by atoms with Gasteiger partial charge in [0, 0.05) is 37.9 Å². The highest BCUT2D eigenvalue weighted by Crippen LogP contribution is 2.60. The number of imidazole rings is 2. The summed E-state index contributed by atoms with van der Waals surface area (Å²) >= 11 is 0. The first kappa shape index (κ1) is 17.5. The molecule has 0 N–H and O–H groups in total. The molecule has 4 aliphatic rings. The van der Waals surface area contributed by atoms with Crippen LogP contribution in [0.4, 0.5) is 0 Å². The molecule has 4 aliphatic carbocycles. The summed E-state index contributed by atoms with van der Waals surface area (Å²) in [6.45, 7) is 3.09. The molecule has 4 fully saturated rings. The molecular weight excluding hydrogens is 366 g/mol. The van der Waals surface area contributed by atoms with Crippen LogP contribution in [-0.4, -0.2) is 23.1 Å². The van der Waals surface area contributed by atoms with Crippen LogP contribution in [0.25, 0.3) is 16.9 Å². The van der Waals surface area contributed by atoms with E-state index in [1.54, 1.807) is 14.1 Å². The van der Waals surface area contributed by atoms with E-state index < -0.39 is 0 Å². The van der Waals surface area contributed by atoms with Crippen molar-refractivity contribution in [3.63, 3.8) is 0 Å². The third-order valence-corrected chi connectivity index (χ3v) is 8.09. The lowest BCUT2D eigenvalue weighted by atomic mass is 9.49. The minimum absolute atomic E-state index is 0.239. The van der Waals surface area contributed by atoms with Gasteiger partial charge in [-0.05, 0) is 62.7 Å². The number of aryl methyl sites for hydroxylation is 2. The number of hydrogen-bond acceptors (Lipinski definition) is 3. The van der Waals surface area contributed by atoms with Crippen LogP contribution in [0.1, 0.15) is 57.6 Å². The zero-order chi connectivity index (χ0) is 20.1. The third kappa shape index (κ3) is 2.16. The Morgan fingerprint density at radius 3 is 2.24 bits per heavy atom. The molecule has 4 bridgehead atoms. The molecule has 0 spiro atoms. The Morgan fingerprint density at radius 1 is 1.03 bits per heavy atom. The number of rotatable bonds is 3. The van der Waals surface area contributed by atoms with Crippen LogP contribution in [0.5, 0.6) is 0 Å². The highest BCUT2D eigenvalue weighted by atomic mass is 16.2. The van der Waals surface area contributed by atoms with Gasteiger partial charge >= 0.3 is 5.69 Å². The molecule has 7 rings (SSSR count). The average molecular weight is 396 g/mol. The smallest absolute Gasteiger partial charge is 0.313 e. The molecule has 4 saturated carbocycles. The summed E-state index contributed by atoms with van der Waals surface area (Å²) in [6.07, 6.45) is 11.3. The standard InChI is InChI=1S/C22H29N5O2/c1-4-5-26-16(22-9-13-6-14(10-22)8-15(7-13)11-22)12-27-17-18(23-20(26)27)24(2)21(29)25(3)19(17)28/h12-15H,4-11H2,1-3H3. The lowest BCUT2D eigenvalue weighted by molar-refractivity contribution is -0.00873. The Balaban J connectivity index is 1.65. The number of hydrogen-bond donors (Lipinski definition) is 0. The van der Waals surface area contributed by atoms with Gasteiger partial charge in [-0.25, -0.2) is 4.79 Å². The molecule has 29 heavy (non-hydrogen) atoms. The van der Waals surface area contributed by atoms with Crippen LogP contribution in [0.15, 0.2) is 15.8 Å². The molecule has 0 atom stereocenters. The molecular formula is C22H29N5O2. The van der Waals surface area contributed by atoms with Gasteiger partial charge in [-0.1, -0.05) is 6.92 Å². The first-order chi connectivity index (χ1) is 13.9. The summed E-state index contributed by atoms with van der Waals surface area (Å²) in [5.41, 5.74) is 2.02. The van der Waals surface area contributed by atoms with E-state index in [9.17, 15) is 9.59 Å². The third-order valence-electron chi connectivity index (χ3n) is 8.09. The van der Waals surface area contributed by atoms with Gasteiger partial charge < -0.3 is 4.57 Å². The number of fused-ring (bicyclic) bond motifs is 3. The first-order valence-electron chi connectivity index (χ1n) is 11.1.